The first-order valence-electron chi connectivity index (χ1n) is 8.47. The number of aromatic nitrogens is 2. The third kappa shape index (κ3) is 4.24. The third-order valence-electron chi connectivity index (χ3n) is 4.91. The minimum atomic E-state index is 0.573. The van der Waals surface area contributed by atoms with Crippen molar-refractivity contribution in [1.82, 2.24) is 20.4 Å². The molecule has 0 amide bonds. The standard InChI is InChI=1S/C17H31N5/c1-12-6-8-15(9-7-12)20-17(18-4)19-11-10-16-13(2)21-22(5)14(16)3/h12,15H,6-11H2,1-5H3,(H2,18,19,20). The molecule has 0 aliphatic heterocycles. The van der Waals surface area contributed by atoms with Crippen LogP contribution >= 0.6 is 0 Å². The van der Waals surface area contributed by atoms with Crippen molar-refractivity contribution < 1.29 is 0 Å². The first-order chi connectivity index (χ1) is 10.5. The Morgan fingerprint density at radius 1 is 1.27 bits per heavy atom. The smallest absolute Gasteiger partial charge is 0.191 e. The van der Waals surface area contributed by atoms with Crippen LogP contribution in [-0.2, 0) is 13.5 Å². The molecule has 0 unspecified atom stereocenters. The van der Waals surface area contributed by atoms with Crippen molar-refractivity contribution in [2.75, 3.05) is 13.6 Å². The summed E-state index contributed by atoms with van der Waals surface area (Å²) in [7, 11) is 3.85. The maximum atomic E-state index is 4.47. The summed E-state index contributed by atoms with van der Waals surface area (Å²) in [6, 6.07) is 0.573. The van der Waals surface area contributed by atoms with Crippen LogP contribution in [0.15, 0.2) is 4.99 Å². The second-order valence-corrected chi connectivity index (χ2v) is 6.62. The summed E-state index contributed by atoms with van der Waals surface area (Å²) < 4.78 is 1.96. The molecule has 0 atom stereocenters. The maximum absolute atomic E-state index is 4.47. The second kappa shape index (κ2) is 7.65. The summed E-state index contributed by atoms with van der Waals surface area (Å²) in [4.78, 5) is 4.36. The first-order valence-corrected chi connectivity index (χ1v) is 8.47. The van der Waals surface area contributed by atoms with Crippen LogP contribution < -0.4 is 10.6 Å². The van der Waals surface area contributed by atoms with Crippen molar-refractivity contribution in [3.63, 3.8) is 0 Å². The van der Waals surface area contributed by atoms with E-state index in [0.29, 0.717) is 6.04 Å². The van der Waals surface area contributed by atoms with Crippen LogP contribution in [0, 0.1) is 19.8 Å². The highest BCUT2D eigenvalue weighted by molar-refractivity contribution is 5.79. The molecule has 2 rings (SSSR count). The van der Waals surface area contributed by atoms with Crippen LogP contribution in [0.2, 0.25) is 0 Å². The van der Waals surface area contributed by atoms with Crippen LogP contribution in [0.5, 0.6) is 0 Å². The summed E-state index contributed by atoms with van der Waals surface area (Å²) in [6.07, 6.45) is 6.13. The van der Waals surface area contributed by atoms with Gasteiger partial charge in [-0.15, -0.1) is 0 Å². The molecule has 0 radical (unpaired) electrons. The summed E-state index contributed by atoms with van der Waals surface area (Å²) in [5.74, 6) is 1.81. The molecule has 0 aromatic carbocycles. The number of aryl methyl sites for hydroxylation is 2. The van der Waals surface area contributed by atoms with Gasteiger partial charge in [0.2, 0.25) is 0 Å². The maximum Gasteiger partial charge on any atom is 0.191 e. The van der Waals surface area contributed by atoms with Gasteiger partial charge in [0.15, 0.2) is 5.96 Å². The Kier molecular flexibility index (Phi) is 5.86. The van der Waals surface area contributed by atoms with Crippen LogP contribution in [0.3, 0.4) is 0 Å². The van der Waals surface area contributed by atoms with E-state index in [0.717, 1.165) is 30.5 Å². The lowest BCUT2D eigenvalue weighted by molar-refractivity contribution is 0.329. The van der Waals surface area contributed by atoms with Gasteiger partial charge in [-0.25, -0.2) is 0 Å². The van der Waals surface area contributed by atoms with Crippen molar-refractivity contribution in [2.45, 2.75) is 58.9 Å². The highest BCUT2D eigenvalue weighted by Gasteiger charge is 2.18. The SMILES string of the molecule is CN=C(NCCc1c(C)nn(C)c1C)NC1CCC(C)CC1. The average molecular weight is 305 g/mol. The summed E-state index contributed by atoms with van der Waals surface area (Å²) in [5.41, 5.74) is 3.73. The van der Waals surface area contributed by atoms with Crippen molar-refractivity contribution in [3.8, 4) is 0 Å². The number of hydrogen-bond acceptors (Lipinski definition) is 2. The van der Waals surface area contributed by atoms with Gasteiger partial charge in [-0.2, -0.15) is 5.10 Å². The Balaban J connectivity index is 1.79. The van der Waals surface area contributed by atoms with Crippen LogP contribution in [0.4, 0.5) is 0 Å². The van der Waals surface area contributed by atoms with Crippen molar-refractivity contribution in [1.29, 1.82) is 0 Å². The number of hydrogen-bond donors (Lipinski definition) is 2. The van der Waals surface area contributed by atoms with Crippen LogP contribution in [0.1, 0.15) is 49.6 Å². The zero-order valence-corrected chi connectivity index (χ0v) is 14.7. The van der Waals surface area contributed by atoms with E-state index in [4.69, 9.17) is 0 Å². The Morgan fingerprint density at radius 3 is 2.50 bits per heavy atom. The van der Waals surface area contributed by atoms with Gasteiger partial charge in [0.05, 0.1) is 5.69 Å². The summed E-state index contributed by atoms with van der Waals surface area (Å²) in [6.45, 7) is 7.45. The zero-order chi connectivity index (χ0) is 16.1. The summed E-state index contributed by atoms with van der Waals surface area (Å²) >= 11 is 0. The van der Waals surface area contributed by atoms with E-state index in [1.807, 2.05) is 18.8 Å². The Morgan fingerprint density at radius 2 is 1.95 bits per heavy atom. The fourth-order valence-corrected chi connectivity index (χ4v) is 3.28. The van der Waals surface area contributed by atoms with Gasteiger partial charge in [-0.05, 0) is 57.4 Å². The molecule has 1 aromatic heterocycles. The molecule has 0 bridgehead atoms. The van der Waals surface area contributed by atoms with Gasteiger partial charge in [-0.3, -0.25) is 9.67 Å². The molecule has 1 aliphatic rings. The quantitative estimate of drug-likeness (QED) is 0.663. The van der Waals surface area contributed by atoms with Gasteiger partial charge in [0.1, 0.15) is 0 Å². The second-order valence-electron chi connectivity index (χ2n) is 6.62. The molecular formula is C17H31N5. The van der Waals surface area contributed by atoms with Gasteiger partial charge in [-0.1, -0.05) is 6.92 Å². The molecule has 5 nitrogen and oxygen atoms in total. The number of rotatable bonds is 4. The predicted molar refractivity (Wildman–Crippen MR) is 92.3 cm³/mol. The molecule has 0 saturated heterocycles. The summed E-state index contributed by atoms with van der Waals surface area (Å²) in [5, 5.41) is 11.5. The largest absolute Gasteiger partial charge is 0.356 e. The Bertz CT molecular complexity index is 509. The molecule has 1 fully saturated rings. The molecule has 124 valence electrons. The highest BCUT2D eigenvalue weighted by Crippen LogP contribution is 2.23. The molecule has 1 heterocycles. The molecule has 1 saturated carbocycles. The van der Waals surface area contributed by atoms with Crippen molar-refractivity contribution >= 4 is 5.96 Å². The predicted octanol–water partition coefficient (Wildman–Crippen LogP) is 2.32. The van der Waals surface area contributed by atoms with Crippen LogP contribution in [0.25, 0.3) is 0 Å². The molecule has 5 heteroatoms. The van der Waals surface area contributed by atoms with Gasteiger partial charge >= 0.3 is 0 Å². The van der Waals surface area contributed by atoms with E-state index in [1.54, 1.807) is 0 Å². The Hall–Kier alpha value is -1.52. The van der Waals surface area contributed by atoms with E-state index in [-0.39, 0.29) is 0 Å². The van der Waals surface area contributed by atoms with E-state index >= 15 is 0 Å². The number of nitrogens with one attached hydrogen (secondary N) is 2. The van der Waals surface area contributed by atoms with E-state index in [2.05, 4.69) is 41.5 Å². The minimum Gasteiger partial charge on any atom is -0.356 e. The lowest BCUT2D eigenvalue weighted by Crippen LogP contribution is -2.45. The zero-order valence-electron chi connectivity index (χ0n) is 14.7. The van der Waals surface area contributed by atoms with E-state index in [1.165, 1.54) is 36.9 Å². The third-order valence-corrected chi connectivity index (χ3v) is 4.91. The van der Waals surface area contributed by atoms with Gasteiger partial charge in [0.25, 0.3) is 0 Å². The fourth-order valence-electron chi connectivity index (χ4n) is 3.28. The van der Waals surface area contributed by atoms with Gasteiger partial charge in [0, 0.05) is 32.4 Å². The molecule has 22 heavy (non-hydrogen) atoms. The Labute approximate surface area is 134 Å². The average Bonchev–Trinajstić information content (AvgIpc) is 2.74. The molecule has 1 aliphatic carbocycles. The van der Waals surface area contributed by atoms with Crippen molar-refractivity contribution in [3.05, 3.63) is 17.0 Å². The molecule has 1 aromatic rings. The van der Waals surface area contributed by atoms with Gasteiger partial charge < -0.3 is 10.6 Å². The van der Waals surface area contributed by atoms with Crippen molar-refractivity contribution in [2.24, 2.45) is 18.0 Å². The number of aliphatic imine (C=N–C) groups is 1. The molecular weight excluding hydrogens is 274 g/mol. The van der Waals surface area contributed by atoms with E-state index in [9.17, 15) is 0 Å². The number of nitrogens with zero attached hydrogens (tertiary/aromatic N) is 3. The monoisotopic (exact) mass is 305 g/mol. The topological polar surface area (TPSA) is 54.2 Å². The van der Waals surface area contributed by atoms with Crippen LogP contribution in [-0.4, -0.2) is 35.4 Å². The minimum absolute atomic E-state index is 0.573. The number of guanidine groups is 1. The fraction of sp³-hybridized carbons (Fsp3) is 0.765. The lowest BCUT2D eigenvalue weighted by atomic mass is 9.87. The highest BCUT2D eigenvalue weighted by atomic mass is 15.3. The molecule has 0 spiro atoms. The molecule has 2 N–H and O–H groups in total. The first kappa shape index (κ1) is 16.8. The lowest BCUT2D eigenvalue weighted by Gasteiger charge is -2.28. The normalized spacial score (nSPS) is 22.7. The van der Waals surface area contributed by atoms with E-state index < -0.39 is 0 Å².